The van der Waals surface area contributed by atoms with E-state index in [4.69, 9.17) is 11.6 Å². The second-order valence-electron chi connectivity index (χ2n) is 7.69. The molecule has 7 heteroatoms. The molecular weight excluding hydrogens is 362 g/mol. The number of likely N-dealkylation sites (N-methyl/N-ethyl adjacent to an activating group) is 1. The Morgan fingerprint density at radius 2 is 2.00 bits per heavy atom. The summed E-state index contributed by atoms with van der Waals surface area (Å²) in [7, 11) is 0. The first-order chi connectivity index (χ1) is 13.1. The van der Waals surface area contributed by atoms with Crippen molar-refractivity contribution in [2.45, 2.75) is 39.2 Å². The lowest BCUT2D eigenvalue weighted by Gasteiger charge is -2.41. The summed E-state index contributed by atoms with van der Waals surface area (Å²) in [5, 5.41) is 0.708. The third kappa shape index (κ3) is 3.65. The highest BCUT2D eigenvalue weighted by molar-refractivity contribution is 6.34. The number of anilines is 1. The van der Waals surface area contributed by atoms with Crippen molar-refractivity contribution in [2.24, 2.45) is 0 Å². The molecule has 1 aromatic carbocycles. The summed E-state index contributed by atoms with van der Waals surface area (Å²) >= 11 is 6.61. The average Bonchev–Trinajstić information content (AvgIpc) is 3.10. The number of nitrogens with one attached hydrogen (secondary N) is 1. The number of benzene rings is 1. The number of hydrogen-bond donors (Lipinski definition) is 1. The number of piperazine rings is 1. The maximum Gasteiger partial charge on any atom is 0.289 e. The zero-order valence-corrected chi connectivity index (χ0v) is 16.9. The van der Waals surface area contributed by atoms with Gasteiger partial charge in [0.15, 0.2) is 5.82 Å². The molecule has 2 saturated heterocycles. The molecule has 0 aliphatic carbocycles. The van der Waals surface area contributed by atoms with Gasteiger partial charge in [-0.25, -0.2) is 4.98 Å². The molecule has 1 atom stereocenters. The van der Waals surface area contributed by atoms with E-state index in [2.05, 4.69) is 33.6 Å². The summed E-state index contributed by atoms with van der Waals surface area (Å²) < 4.78 is 0. The number of amides is 1. The fraction of sp³-hybridized carbons (Fsp3) is 0.600. The average molecular weight is 390 g/mol. The molecule has 1 unspecified atom stereocenters. The van der Waals surface area contributed by atoms with Crippen LogP contribution < -0.4 is 4.90 Å². The van der Waals surface area contributed by atoms with Crippen molar-refractivity contribution in [3.8, 4) is 0 Å². The lowest BCUT2D eigenvalue weighted by atomic mass is 10.1. The first-order valence-electron chi connectivity index (χ1n) is 10.0. The van der Waals surface area contributed by atoms with Crippen LogP contribution >= 0.6 is 11.6 Å². The van der Waals surface area contributed by atoms with Crippen LogP contribution in [0.3, 0.4) is 0 Å². The van der Waals surface area contributed by atoms with Gasteiger partial charge in [0, 0.05) is 38.8 Å². The second kappa shape index (κ2) is 7.68. The Labute approximate surface area is 165 Å². The lowest BCUT2D eigenvalue weighted by molar-refractivity contribution is 0.0713. The summed E-state index contributed by atoms with van der Waals surface area (Å²) in [5.41, 5.74) is 2.64. The Bertz CT molecular complexity index is 829. The predicted octanol–water partition coefficient (Wildman–Crippen LogP) is 3.37. The molecule has 0 bridgehead atoms. The molecule has 146 valence electrons. The molecule has 2 aromatic rings. The van der Waals surface area contributed by atoms with E-state index in [0.717, 1.165) is 68.8 Å². The van der Waals surface area contributed by atoms with Crippen molar-refractivity contribution in [1.82, 2.24) is 19.8 Å². The highest BCUT2D eigenvalue weighted by Gasteiger charge is 2.26. The van der Waals surface area contributed by atoms with Crippen LogP contribution in [0, 0.1) is 0 Å². The zero-order chi connectivity index (χ0) is 19.0. The van der Waals surface area contributed by atoms with Gasteiger partial charge in [-0.3, -0.25) is 9.69 Å². The highest BCUT2D eigenvalue weighted by Crippen LogP contribution is 2.32. The van der Waals surface area contributed by atoms with Gasteiger partial charge in [0.05, 0.1) is 21.7 Å². The number of imidazole rings is 1. The SMILES string of the molecule is CCN1CCN(c2cc3nc(C(=O)N4CCCCC4)[nH]c3cc2Cl)C(C)C1. The van der Waals surface area contributed by atoms with E-state index in [1.165, 1.54) is 6.42 Å². The Morgan fingerprint density at radius 1 is 1.22 bits per heavy atom. The van der Waals surface area contributed by atoms with Gasteiger partial charge >= 0.3 is 0 Å². The molecule has 0 radical (unpaired) electrons. The molecule has 1 aromatic heterocycles. The Morgan fingerprint density at radius 3 is 2.70 bits per heavy atom. The summed E-state index contributed by atoms with van der Waals surface area (Å²) in [5.74, 6) is 0.414. The van der Waals surface area contributed by atoms with E-state index in [-0.39, 0.29) is 5.91 Å². The molecule has 3 heterocycles. The minimum absolute atomic E-state index is 0.00602. The number of aromatic amines is 1. The number of carbonyl (C=O) groups is 1. The largest absolute Gasteiger partial charge is 0.365 e. The van der Waals surface area contributed by atoms with E-state index in [0.29, 0.717) is 16.9 Å². The molecule has 0 saturated carbocycles. The second-order valence-corrected chi connectivity index (χ2v) is 8.10. The molecule has 0 spiro atoms. The molecule has 27 heavy (non-hydrogen) atoms. The molecule has 1 amide bonds. The lowest BCUT2D eigenvalue weighted by Crippen LogP contribution is -2.51. The van der Waals surface area contributed by atoms with Crippen LogP contribution in [0.15, 0.2) is 12.1 Å². The van der Waals surface area contributed by atoms with Gasteiger partial charge < -0.3 is 14.8 Å². The smallest absolute Gasteiger partial charge is 0.289 e. The number of halogens is 1. The van der Waals surface area contributed by atoms with Crippen molar-refractivity contribution < 1.29 is 4.79 Å². The molecule has 2 fully saturated rings. The Balaban J connectivity index is 1.60. The van der Waals surface area contributed by atoms with Crippen molar-refractivity contribution in [3.05, 3.63) is 23.0 Å². The van der Waals surface area contributed by atoms with E-state index in [1.54, 1.807) is 0 Å². The van der Waals surface area contributed by atoms with Crippen LogP contribution in [0.4, 0.5) is 5.69 Å². The molecule has 4 rings (SSSR count). The standard InChI is InChI=1S/C20H28ClN5O/c1-3-24-9-10-26(14(2)13-24)18-12-17-16(11-15(18)21)22-19(23-17)20(27)25-7-5-4-6-8-25/h11-12,14H,3-10,13H2,1-2H3,(H,22,23). The minimum Gasteiger partial charge on any atom is -0.365 e. The van der Waals surface area contributed by atoms with Crippen LogP contribution in [0.1, 0.15) is 43.7 Å². The van der Waals surface area contributed by atoms with E-state index in [1.807, 2.05) is 17.0 Å². The van der Waals surface area contributed by atoms with Gasteiger partial charge in [0.25, 0.3) is 5.91 Å². The van der Waals surface area contributed by atoms with Gasteiger partial charge in [-0.1, -0.05) is 18.5 Å². The highest BCUT2D eigenvalue weighted by atomic mass is 35.5. The zero-order valence-electron chi connectivity index (χ0n) is 16.2. The number of hydrogen-bond acceptors (Lipinski definition) is 4. The van der Waals surface area contributed by atoms with E-state index >= 15 is 0 Å². The quantitative estimate of drug-likeness (QED) is 0.874. The summed E-state index contributed by atoms with van der Waals surface area (Å²) in [6.07, 6.45) is 3.35. The molecule has 2 aliphatic heterocycles. The summed E-state index contributed by atoms with van der Waals surface area (Å²) in [6, 6.07) is 4.33. The van der Waals surface area contributed by atoms with Gasteiger partial charge in [0.1, 0.15) is 0 Å². The number of H-pyrrole nitrogens is 1. The van der Waals surface area contributed by atoms with Gasteiger partial charge in [0.2, 0.25) is 0 Å². The van der Waals surface area contributed by atoms with Crippen LogP contribution in [-0.2, 0) is 0 Å². The normalized spacial score (nSPS) is 21.8. The predicted molar refractivity (Wildman–Crippen MR) is 110 cm³/mol. The molecular formula is C20H28ClN5O. The van der Waals surface area contributed by atoms with Crippen molar-refractivity contribution >= 4 is 34.2 Å². The van der Waals surface area contributed by atoms with Crippen molar-refractivity contribution in [3.63, 3.8) is 0 Å². The monoisotopic (exact) mass is 389 g/mol. The van der Waals surface area contributed by atoms with E-state index in [9.17, 15) is 4.79 Å². The van der Waals surface area contributed by atoms with Crippen LogP contribution in [0.25, 0.3) is 11.0 Å². The first kappa shape index (κ1) is 18.6. The van der Waals surface area contributed by atoms with Crippen molar-refractivity contribution in [1.29, 1.82) is 0 Å². The molecule has 6 nitrogen and oxygen atoms in total. The first-order valence-corrected chi connectivity index (χ1v) is 10.4. The van der Waals surface area contributed by atoms with Gasteiger partial charge in [-0.05, 0) is 44.9 Å². The minimum atomic E-state index is -0.00602. The number of nitrogens with zero attached hydrogens (tertiary/aromatic N) is 4. The number of aromatic nitrogens is 2. The third-order valence-corrected chi connectivity index (χ3v) is 6.17. The topological polar surface area (TPSA) is 55.5 Å². The number of likely N-dealkylation sites (tertiary alicyclic amines) is 1. The van der Waals surface area contributed by atoms with E-state index < -0.39 is 0 Å². The Kier molecular flexibility index (Phi) is 5.28. The van der Waals surface area contributed by atoms with Crippen molar-refractivity contribution in [2.75, 3.05) is 44.2 Å². The number of piperidine rings is 1. The fourth-order valence-corrected chi connectivity index (χ4v) is 4.54. The molecule has 2 aliphatic rings. The fourth-order valence-electron chi connectivity index (χ4n) is 4.27. The van der Waals surface area contributed by atoms with Gasteiger partial charge in [-0.2, -0.15) is 0 Å². The number of fused-ring (bicyclic) bond motifs is 1. The van der Waals surface area contributed by atoms with Gasteiger partial charge in [-0.15, -0.1) is 0 Å². The summed E-state index contributed by atoms with van der Waals surface area (Å²) in [6.45, 7) is 10.2. The van der Waals surface area contributed by atoms with Crippen LogP contribution in [0.5, 0.6) is 0 Å². The maximum atomic E-state index is 12.7. The Hall–Kier alpha value is -1.79. The van der Waals surface area contributed by atoms with Crippen LogP contribution in [0.2, 0.25) is 5.02 Å². The molecule has 1 N–H and O–H groups in total. The number of carbonyl (C=O) groups excluding carboxylic acids is 1. The number of rotatable bonds is 3. The maximum absolute atomic E-state index is 12.7. The summed E-state index contributed by atoms with van der Waals surface area (Å²) in [4.78, 5) is 27.2. The van der Waals surface area contributed by atoms with Crippen LogP contribution in [-0.4, -0.2) is 71.0 Å². The third-order valence-electron chi connectivity index (χ3n) is 5.86.